The van der Waals surface area contributed by atoms with Crippen LogP contribution < -0.4 is 10.1 Å². The van der Waals surface area contributed by atoms with E-state index in [4.69, 9.17) is 4.74 Å². The van der Waals surface area contributed by atoms with Gasteiger partial charge in [-0.3, -0.25) is 9.78 Å². The summed E-state index contributed by atoms with van der Waals surface area (Å²) in [6.45, 7) is 2.43. The van der Waals surface area contributed by atoms with E-state index in [9.17, 15) is 4.79 Å². The Hall–Kier alpha value is -2.07. The predicted molar refractivity (Wildman–Crippen MR) is 80.4 cm³/mol. The van der Waals surface area contributed by atoms with Crippen molar-refractivity contribution in [2.24, 2.45) is 0 Å². The average Bonchev–Trinajstić information content (AvgIpc) is 2.46. The normalized spacial score (nSPS) is 9.50. The molecule has 0 unspecified atom stereocenters. The first kappa shape index (κ1) is 16.0. The van der Waals surface area contributed by atoms with Crippen molar-refractivity contribution in [1.29, 1.82) is 0 Å². The van der Waals surface area contributed by atoms with Crippen LogP contribution in [0, 0.1) is 6.92 Å². The zero-order valence-corrected chi connectivity index (χ0v) is 12.2. The topological polar surface area (TPSA) is 51.2 Å². The first-order chi connectivity index (χ1) is 9.20. The summed E-state index contributed by atoms with van der Waals surface area (Å²) in [5.41, 5.74) is 2.64. The second kappa shape index (κ2) is 7.50. The molecule has 0 aliphatic heterocycles. The highest BCUT2D eigenvalue weighted by molar-refractivity contribution is 5.93. The maximum absolute atomic E-state index is 11.9. The molecule has 0 fully saturated rings. The van der Waals surface area contributed by atoms with Gasteiger partial charge in [0, 0.05) is 24.5 Å². The second-order valence-corrected chi connectivity index (χ2v) is 4.24. The molecule has 0 spiro atoms. The van der Waals surface area contributed by atoms with Gasteiger partial charge < -0.3 is 10.1 Å². The molecule has 0 aliphatic carbocycles. The molecule has 1 heterocycles. The summed E-state index contributed by atoms with van der Waals surface area (Å²) in [5, 5.41) is 2.86. The Bertz CT molecular complexity index is 573. The van der Waals surface area contributed by atoms with E-state index in [0.29, 0.717) is 12.1 Å². The lowest BCUT2D eigenvalue weighted by Crippen LogP contribution is -2.23. The van der Waals surface area contributed by atoms with Gasteiger partial charge >= 0.3 is 0 Å². The molecule has 2 rings (SSSR count). The average molecular weight is 293 g/mol. The molecule has 2 aromatic rings. The van der Waals surface area contributed by atoms with E-state index in [1.807, 2.05) is 25.1 Å². The van der Waals surface area contributed by atoms with Crippen molar-refractivity contribution in [1.82, 2.24) is 10.3 Å². The number of benzene rings is 1. The number of rotatable bonds is 4. The van der Waals surface area contributed by atoms with Crippen molar-refractivity contribution in [2.45, 2.75) is 13.5 Å². The summed E-state index contributed by atoms with van der Waals surface area (Å²) in [5.74, 6) is 0.633. The van der Waals surface area contributed by atoms with Crippen LogP contribution in [0.1, 0.15) is 21.5 Å². The fourth-order valence-electron chi connectivity index (χ4n) is 1.82. The van der Waals surface area contributed by atoms with E-state index >= 15 is 0 Å². The Labute approximate surface area is 124 Å². The Morgan fingerprint density at radius 1 is 1.35 bits per heavy atom. The van der Waals surface area contributed by atoms with Crippen LogP contribution in [-0.2, 0) is 6.54 Å². The van der Waals surface area contributed by atoms with E-state index in [1.165, 1.54) is 0 Å². The van der Waals surface area contributed by atoms with Gasteiger partial charge in [0.25, 0.3) is 5.91 Å². The minimum atomic E-state index is -0.142. The van der Waals surface area contributed by atoms with Crippen molar-refractivity contribution < 1.29 is 9.53 Å². The molecule has 1 N–H and O–H groups in total. The number of nitrogens with one attached hydrogen (secondary N) is 1. The molecule has 1 aromatic carbocycles. The number of ether oxygens (including phenoxy) is 1. The maximum Gasteiger partial charge on any atom is 0.253 e. The molecular weight excluding hydrogens is 276 g/mol. The summed E-state index contributed by atoms with van der Waals surface area (Å²) < 4.78 is 5.27. The zero-order chi connectivity index (χ0) is 13.7. The van der Waals surface area contributed by atoms with Gasteiger partial charge in [0.2, 0.25) is 0 Å². The number of nitrogens with zero attached hydrogens (tertiary/aromatic N) is 1. The van der Waals surface area contributed by atoms with E-state index < -0.39 is 0 Å². The van der Waals surface area contributed by atoms with Gasteiger partial charge in [-0.25, -0.2) is 0 Å². The van der Waals surface area contributed by atoms with Gasteiger partial charge in [-0.05, 0) is 25.1 Å². The summed E-state index contributed by atoms with van der Waals surface area (Å²) >= 11 is 0. The molecule has 20 heavy (non-hydrogen) atoms. The van der Waals surface area contributed by atoms with Crippen molar-refractivity contribution in [2.75, 3.05) is 7.11 Å². The number of pyridine rings is 1. The molecule has 5 heteroatoms. The standard InChI is InChI=1S/C15H16N2O2.ClH/c1-11-5-6-14(19-2)13(8-11)10-17-15(18)12-4-3-7-16-9-12;/h3-9H,10H2,1-2H3,(H,17,18);1H. The summed E-state index contributed by atoms with van der Waals surface area (Å²) in [6, 6.07) is 9.35. The first-order valence-electron chi connectivity index (χ1n) is 6.02. The fraction of sp³-hybridized carbons (Fsp3) is 0.200. The number of methoxy groups -OCH3 is 1. The highest BCUT2D eigenvalue weighted by Crippen LogP contribution is 2.19. The number of halogens is 1. The Balaban J connectivity index is 0.00000200. The van der Waals surface area contributed by atoms with E-state index in [1.54, 1.807) is 31.6 Å². The van der Waals surface area contributed by atoms with Crippen molar-refractivity contribution in [3.63, 3.8) is 0 Å². The van der Waals surface area contributed by atoms with Crippen LogP contribution in [0.3, 0.4) is 0 Å². The van der Waals surface area contributed by atoms with Crippen LogP contribution in [-0.4, -0.2) is 18.0 Å². The lowest BCUT2D eigenvalue weighted by atomic mass is 10.1. The van der Waals surface area contributed by atoms with Crippen molar-refractivity contribution in [3.05, 3.63) is 59.4 Å². The molecule has 1 aromatic heterocycles. The number of hydrogen-bond donors (Lipinski definition) is 1. The molecule has 0 saturated carbocycles. The van der Waals surface area contributed by atoms with Crippen molar-refractivity contribution in [3.8, 4) is 5.75 Å². The summed E-state index contributed by atoms with van der Waals surface area (Å²) in [6.07, 6.45) is 3.18. The number of aromatic nitrogens is 1. The lowest BCUT2D eigenvalue weighted by molar-refractivity contribution is 0.0950. The monoisotopic (exact) mass is 292 g/mol. The predicted octanol–water partition coefficient (Wildman–Crippen LogP) is 2.75. The van der Waals surface area contributed by atoms with E-state index in [0.717, 1.165) is 16.9 Å². The molecular formula is C15H17ClN2O2. The quantitative estimate of drug-likeness (QED) is 0.943. The highest BCUT2D eigenvalue weighted by Gasteiger charge is 2.07. The fourth-order valence-corrected chi connectivity index (χ4v) is 1.82. The Morgan fingerprint density at radius 3 is 2.80 bits per heavy atom. The van der Waals surface area contributed by atoms with Crippen LogP contribution in [0.4, 0.5) is 0 Å². The Kier molecular flexibility index (Phi) is 6.00. The smallest absolute Gasteiger partial charge is 0.253 e. The van der Waals surface area contributed by atoms with Gasteiger partial charge in [-0.15, -0.1) is 12.4 Å². The van der Waals surface area contributed by atoms with Crippen LogP contribution in [0.5, 0.6) is 5.75 Å². The highest BCUT2D eigenvalue weighted by atomic mass is 35.5. The molecule has 0 bridgehead atoms. The molecule has 0 radical (unpaired) electrons. The molecule has 1 amide bonds. The molecule has 0 atom stereocenters. The van der Waals surface area contributed by atoms with Crippen LogP contribution in [0.15, 0.2) is 42.7 Å². The number of carbonyl (C=O) groups excluding carboxylic acids is 1. The van der Waals surface area contributed by atoms with E-state index in [-0.39, 0.29) is 18.3 Å². The third-order valence-electron chi connectivity index (χ3n) is 2.80. The molecule has 106 valence electrons. The van der Waals surface area contributed by atoms with Crippen molar-refractivity contribution >= 4 is 18.3 Å². The van der Waals surface area contributed by atoms with Crippen LogP contribution in [0.25, 0.3) is 0 Å². The van der Waals surface area contributed by atoms with Gasteiger partial charge in [0.1, 0.15) is 5.75 Å². The largest absolute Gasteiger partial charge is 0.496 e. The van der Waals surface area contributed by atoms with Crippen LogP contribution in [0.2, 0.25) is 0 Å². The molecule has 0 aliphatic rings. The third-order valence-corrected chi connectivity index (χ3v) is 2.80. The van der Waals surface area contributed by atoms with Gasteiger partial charge in [-0.2, -0.15) is 0 Å². The van der Waals surface area contributed by atoms with Crippen LogP contribution >= 0.6 is 12.4 Å². The second-order valence-electron chi connectivity index (χ2n) is 4.24. The minimum Gasteiger partial charge on any atom is -0.496 e. The lowest BCUT2D eigenvalue weighted by Gasteiger charge is -2.10. The first-order valence-corrected chi connectivity index (χ1v) is 6.02. The molecule has 4 nitrogen and oxygen atoms in total. The molecule has 0 saturated heterocycles. The number of carbonyl (C=O) groups is 1. The van der Waals surface area contributed by atoms with Gasteiger partial charge in [0.15, 0.2) is 0 Å². The SMILES string of the molecule is COc1ccc(C)cc1CNC(=O)c1cccnc1.Cl. The zero-order valence-electron chi connectivity index (χ0n) is 11.4. The number of aryl methyl sites for hydroxylation is 1. The minimum absolute atomic E-state index is 0. The Morgan fingerprint density at radius 2 is 2.15 bits per heavy atom. The number of amides is 1. The van der Waals surface area contributed by atoms with Gasteiger partial charge in [0.05, 0.1) is 12.7 Å². The third kappa shape index (κ3) is 3.96. The summed E-state index contributed by atoms with van der Waals surface area (Å²) in [7, 11) is 1.62. The van der Waals surface area contributed by atoms with E-state index in [2.05, 4.69) is 10.3 Å². The van der Waals surface area contributed by atoms with Gasteiger partial charge in [-0.1, -0.05) is 17.7 Å². The number of hydrogen-bond acceptors (Lipinski definition) is 3. The summed E-state index contributed by atoms with van der Waals surface area (Å²) in [4.78, 5) is 15.8. The maximum atomic E-state index is 11.9.